The van der Waals surface area contributed by atoms with E-state index in [9.17, 15) is 9.59 Å². The van der Waals surface area contributed by atoms with Crippen LogP contribution in [-0.2, 0) is 9.59 Å². The summed E-state index contributed by atoms with van der Waals surface area (Å²) >= 11 is 5.91. The Kier molecular flexibility index (Phi) is 6.33. The van der Waals surface area contributed by atoms with E-state index in [1.54, 1.807) is 36.4 Å². The third kappa shape index (κ3) is 4.82. The average Bonchev–Trinajstić information content (AvgIpc) is 2.58. The number of hydrogen-bond acceptors (Lipinski definition) is 4. The molecule has 6 nitrogen and oxygen atoms in total. The molecule has 2 rings (SSSR count). The fourth-order valence-electron chi connectivity index (χ4n) is 1.83. The van der Waals surface area contributed by atoms with Crippen LogP contribution in [0.4, 0.5) is 5.69 Å². The van der Waals surface area contributed by atoms with Crippen molar-refractivity contribution in [1.29, 1.82) is 0 Å². The highest BCUT2D eigenvalue weighted by Gasteiger charge is 2.14. The van der Waals surface area contributed by atoms with Crippen LogP contribution in [0.1, 0.15) is 12.5 Å². The van der Waals surface area contributed by atoms with Crippen molar-refractivity contribution >= 4 is 35.3 Å². The highest BCUT2D eigenvalue weighted by atomic mass is 35.5. The lowest BCUT2D eigenvalue weighted by Gasteiger charge is -2.06. The molecule has 0 aromatic heterocycles. The van der Waals surface area contributed by atoms with Crippen LogP contribution in [-0.4, -0.2) is 24.6 Å². The Balaban J connectivity index is 1.95. The molecule has 24 heavy (non-hydrogen) atoms. The van der Waals surface area contributed by atoms with Crippen molar-refractivity contribution in [3.05, 3.63) is 59.1 Å². The topological polar surface area (TPSA) is 79.8 Å². The number of benzene rings is 2. The van der Waals surface area contributed by atoms with Crippen LogP contribution in [0.25, 0.3) is 0 Å². The molecule has 0 heterocycles. The van der Waals surface area contributed by atoms with Crippen molar-refractivity contribution in [2.75, 3.05) is 11.9 Å². The molecule has 124 valence electrons. The number of nitrogens with zero attached hydrogens (tertiary/aromatic N) is 1. The average molecular weight is 346 g/mol. The predicted molar refractivity (Wildman–Crippen MR) is 93.4 cm³/mol. The van der Waals surface area contributed by atoms with E-state index in [0.29, 0.717) is 28.6 Å². The standard InChI is InChI=1S/C17H16ClN3O3/c1-2-24-15-10-6-3-7-12(15)11-19-21-17(23)16(22)20-14-9-5-4-8-13(14)18/h3-11H,2H2,1H3,(H,20,22)(H,21,23)/b19-11+. The van der Waals surface area contributed by atoms with Gasteiger partial charge in [0.1, 0.15) is 5.75 Å². The first-order valence-electron chi connectivity index (χ1n) is 7.22. The zero-order chi connectivity index (χ0) is 17.4. The second-order valence-electron chi connectivity index (χ2n) is 4.60. The molecule has 0 unspecified atom stereocenters. The zero-order valence-corrected chi connectivity index (χ0v) is 13.7. The van der Waals surface area contributed by atoms with E-state index >= 15 is 0 Å². The lowest BCUT2D eigenvalue weighted by atomic mass is 10.2. The molecule has 0 atom stereocenters. The minimum Gasteiger partial charge on any atom is -0.493 e. The molecule has 0 bridgehead atoms. The van der Waals surface area contributed by atoms with Gasteiger partial charge in [0.2, 0.25) is 0 Å². The smallest absolute Gasteiger partial charge is 0.329 e. The van der Waals surface area contributed by atoms with Crippen LogP contribution in [0.3, 0.4) is 0 Å². The molecular weight excluding hydrogens is 330 g/mol. The summed E-state index contributed by atoms with van der Waals surface area (Å²) in [4.78, 5) is 23.5. The van der Waals surface area contributed by atoms with Gasteiger partial charge >= 0.3 is 11.8 Å². The molecule has 0 radical (unpaired) electrons. The Morgan fingerprint density at radius 3 is 2.58 bits per heavy atom. The number of halogens is 1. The molecule has 2 N–H and O–H groups in total. The molecule has 0 aliphatic heterocycles. The van der Waals surface area contributed by atoms with E-state index in [1.807, 2.05) is 19.1 Å². The van der Waals surface area contributed by atoms with Crippen LogP contribution in [0.5, 0.6) is 5.75 Å². The molecule has 0 saturated carbocycles. The molecule has 2 aromatic rings. The summed E-state index contributed by atoms with van der Waals surface area (Å²) in [7, 11) is 0. The van der Waals surface area contributed by atoms with Gasteiger partial charge < -0.3 is 10.1 Å². The van der Waals surface area contributed by atoms with Crippen molar-refractivity contribution in [3.8, 4) is 5.75 Å². The number of para-hydroxylation sites is 2. The number of hydrazone groups is 1. The van der Waals surface area contributed by atoms with Crippen molar-refractivity contribution in [3.63, 3.8) is 0 Å². The molecule has 0 fully saturated rings. The second-order valence-corrected chi connectivity index (χ2v) is 5.01. The normalized spacial score (nSPS) is 10.4. The summed E-state index contributed by atoms with van der Waals surface area (Å²) in [5.41, 5.74) is 3.20. The highest BCUT2D eigenvalue weighted by molar-refractivity contribution is 6.41. The largest absolute Gasteiger partial charge is 0.493 e. The van der Waals surface area contributed by atoms with Crippen molar-refractivity contribution in [2.24, 2.45) is 5.10 Å². The van der Waals surface area contributed by atoms with Gasteiger partial charge in [0.15, 0.2) is 0 Å². The fourth-order valence-corrected chi connectivity index (χ4v) is 2.01. The van der Waals surface area contributed by atoms with Crippen LogP contribution < -0.4 is 15.5 Å². The van der Waals surface area contributed by atoms with Gasteiger partial charge in [0, 0.05) is 5.56 Å². The summed E-state index contributed by atoms with van der Waals surface area (Å²) in [6, 6.07) is 13.8. The molecular formula is C17H16ClN3O3. The van der Waals surface area contributed by atoms with Crippen LogP contribution in [0.2, 0.25) is 5.02 Å². The zero-order valence-electron chi connectivity index (χ0n) is 13.0. The van der Waals surface area contributed by atoms with Crippen LogP contribution >= 0.6 is 11.6 Å². The van der Waals surface area contributed by atoms with Gasteiger partial charge in [-0.25, -0.2) is 5.43 Å². The quantitative estimate of drug-likeness (QED) is 0.497. The molecule has 0 aliphatic rings. The minimum absolute atomic E-state index is 0.341. The maximum absolute atomic E-state index is 11.8. The van der Waals surface area contributed by atoms with Crippen molar-refractivity contribution < 1.29 is 14.3 Å². The van der Waals surface area contributed by atoms with Gasteiger partial charge in [0.05, 0.1) is 23.5 Å². The van der Waals surface area contributed by atoms with Crippen LogP contribution in [0.15, 0.2) is 53.6 Å². The summed E-state index contributed by atoms with van der Waals surface area (Å²) in [6.45, 7) is 2.38. The van der Waals surface area contributed by atoms with Crippen LogP contribution in [0, 0.1) is 0 Å². The lowest BCUT2D eigenvalue weighted by Crippen LogP contribution is -2.32. The van der Waals surface area contributed by atoms with Gasteiger partial charge in [-0.3, -0.25) is 9.59 Å². The molecule has 2 amide bonds. The van der Waals surface area contributed by atoms with Crippen molar-refractivity contribution in [1.82, 2.24) is 5.43 Å². The summed E-state index contributed by atoms with van der Waals surface area (Å²) in [5.74, 6) is -1.13. The molecule has 2 aromatic carbocycles. The van der Waals surface area contributed by atoms with Gasteiger partial charge in [-0.1, -0.05) is 35.9 Å². The summed E-state index contributed by atoms with van der Waals surface area (Å²) in [6.07, 6.45) is 1.41. The van der Waals surface area contributed by atoms with E-state index in [1.165, 1.54) is 6.21 Å². The lowest BCUT2D eigenvalue weighted by molar-refractivity contribution is -0.136. The van der Waals surface area contributed by atoms with E-state index in [0.717, 1.165) is 0 Å². The predicted octanol–water partition coefficient (Wildman–Crippen LogP) is 2.83. The van der Waals surface area contributed by atoms with Gasteiger partial charge in [0.25, 0.3) is 0 Å². The van der Waals surface area contributed by atoms with Crippen molar-refractivity contribution in [2.45, 2.75) is 6.92 Å². The second kappa shape index (κ2) is 8.69. The third-order valence-corrected chi connectivity index (χ3v) is 3.25. The Hall–Kier alpha value is -2.86. The van der Waals surface area contributed by atoms with Gasteiger partial charge in [-0.05, 0) is 31.2 Å². The third-order valence-electron chi connectivity index (χ3n) is 2.92. The first kappa shape index (κ1) is 17.5. The maximum Gasteiger partial charge on any atom is 0.329 e. The van der Waals surface area contributed by atoms with E-state index < -0.39 is 11.8 Å². The summed E-state index contributed by atoms with van der Waals surface area (Å²) in [5, 5.41) is 6.52. The maximum atomic E-state index is 11.8. The number of nitrogens with one attached hydrogen (secondary N) is 2. The Labute approximate surface area is 144 Å². The van der Waals surface area contributed by atoms with Gasteiger partial charge in [-0.2, -0.15) is 5.10 Å². The highest BCUT2D eigenvalue weighted by Crippen LogP contribution is 2.20. The van der Waals surface area contributed by atoms with Gasteiger partial charge in [-0.15, -0.1) is 0 Å². The Bertz CT molecular complexity index is 762. The Morgan fingerprint density at radius 1 is 1.12 bits per heavy atom. The SMILES string of the molecule is CCOc1ccccc1/C=N/NC(=O)C(=O)Nc1ccccc1Cl. The summed E-state index contributed by atoms with van der Waals surface area (Å²) < 4.78 is 5.44. The number of carbonyl (C=O) groups excluding carboxylic acids is 2. The first-order valence-corrected chi connectivity index (χ1v) is 7.60. The Morgan fingerprint density at radius 2 is 1.83 bits per heavy atom. The minimum atomic E-state index is -0.903. The number of amides is 2. The molecule has 0 saturated heterocycles. The first-order chi connectivity index (χ1) is 11.6. The number of rotatable bonds is 5. The number of hydrogen-bond donors (Lipinski definition) is 2. The molecule has 0 spiro atoms. The number of carbonyl (C=O) groups is 2. The number of anilines is 1. The van der Waals surface area contributed by atoms with E-state index in [4.69, 9.17) is 16.3 Å². The monoisotopic (exact) mass is 345 g/mol. The fraction of sp³-hybridized carbons (Fsp3) is 0.118. The van der Waals surface area contributed by atoms with E-state index in [-0.39, 0.29) is 0 Å². The number of ether oxygens (including phenoxy) is 1. The van der Waals surface area contributed by atoms with E-state index in [2.05, 4.69) is 15.8 Å². The molecule has 0 aliphatic carbocycles. The molecule has 7 heteroatoms.